The Labute approximate surface area is 107 Å². The zero-order valence-electron chi connectivity index (χ0n) is 12.1. The Morgan fingerprint density at radius 2 is 2.00 bits per heavy atom. The van der Waals surface area contributed by atoms with Gasteiger partial charge in [0, 0.05) is 31.2 Å². The van der Waals surface area contributed by atoms with Gasteiger partial charge in [-0.15, -0.1) is 0 Å². The predicted octanol–water partition coefficient (Wildman–Crippen LogP) is 2.88. The Balaban J connectivity index is 1.95. The lowest BCUT2D eigenvalue weighted by molar-refractivity contribution is 0.0933. The number of rotatable bonds is 5. The highest BCUT2D eigenvalue weighted by Gasteiger charge is 2.44. The molecule has 0 spiro atoms. The summed E-state index contributed by atoms with van der Waals surface area (Å²) in [4.78, 5) is 2.83. The molecular weight excluding hydrogens is 208 g/mol. The lowest BCUT2D eigenvalue weighted by atomic mass is 9.94. The molecule has 2 aliphatic rings. The van der Waals surface area contributed by atoms with Crippen LogP contribution < -0.4 is 5.32 Å². The highest BCUT2D eigenvalue weighted by Crippen LogP contribution is 2.40. The van der Waals surface area contributed by atoms with Gasteiger partial charge in [0.25, 0.3) is 0 Å². The second-order valence-corrected chi connectivity index (χ2v) is 6.13. The first kappa shape index (κ1) is 13.4. The fourth-order valence-corrected chi connectivity index (χ4v) is 3.37. The van der Waals surface area contributed by atoms with Crippen molar-refractivity contribution in [3.05, 3.63) is 0 Å². The minimum absolute atomic E-state index is 0.723. The van der Waals surface area contributed by atoms with E-state index in [0.29, 0.717) is 0 Å². The first-order chi connectivity index (χ1) is 8.21. The van der Waals surface area contributed by atoms with Gasteiger partial charge in [-0.25, -0.2) is 0 Å². The summed E-state index contributed by atoms with van der Waals surface area (Å²) < 4.78 is 0. The molecule has 1 heterocycles. The Hall–Kier alpha value is -0.0800. The molecule has 0 radical (unpaired) electrons. The van der Waals surface area contributed by atoms with Gasteiger partial charge in [0.05, 0.1) is 0 Å². The Kier molecular flexibility index (Phi) is 4.48. The van der Waals surface area contributed by atoms with Crippen LogP contribution in [0, 0.1) is 11.8 Å². The highest BCUT2D eigenvalue weighted by molar-refractivity contribution is 5.00. The molecule has 2 nitrogen and oxygen atoms in total. The van der Waals surface area contributed by atoms with Crippen LogP contribution in [0.3, 0.4) is 0 Å². The third-order valence-electron chi connectivity index (χ3n) is 5.13. The maximum absolute atomic E-state index is 3.77. The van der Waals surface area contributed by atoms with Gasteiger partial charge >= 0.3 is 0 Å². The molecule has 100 valence electrons. The smallest absolute Gasteiger partial charge is 0.0221 e. The van der Waals surface area contributed by atoms with Crippen molar-refractivity contribution in [2.45, 2.75) is 71.5 Å². The molecular formula is C15H30N2. The standard InChI is InChI=1S/C15H30N2/c1-5-11(4)14-10-17(13(7-3)9-16-14)15-8-12(15)6-2/h11-16H,5-10H2,1-4H3. The van der Waals surface area contributed by atoms with Crippen LogP contribution in [0.5, 0.6) is 0 Å². The zero-order chi connectivity index (χ0) is 12.4. The summed E-state index contributed by atoms with van der Waals surface area (Å²) in [5.74, 6) is 1.81. The minimum Gasteiger partial charge on any atom is -0.311 e. The van der Waals surface area contributed by atoms with E-state index in [1.807, 2.05) is 0 Å². The summed E-state index contributed by atoms with van der Waals surface area (Å²) in [5.41, 5.74) is 0. The maximum atomic E-state index is 3.77. The van der Waals surface area contributed by atoms with Gasteiger partial charge in [-0.05, 0) is 24.7 Å². The molecule has 1 saturated carbocycles. The average Bonchev–Trinajstić information content (AvgIpc) is 3.16. The fraction of sp³-hybridized carbons (Fsp3) is 1.00. The number of nitrogens with zero attached hydrogens (tertiary/aromatic N) is 1. The largest absolute Gasteiger partial charge is 0.311 e. The van der Waals surface area contributed by atoms with Crippen LogP contribution in [0.25, 0.3) is 0 Å². The van der Waals surface area contributed by atoms with Crippen molar-refractivity contribution in [1.29, 1.82) is 0 Å². The van der Waals surface area contributed by atoms with Gasteiger partial charge in [0.15, 0.2) is 0 Å². The number of hydrogen-bond donors (Lipinski definition) is 1. The second kappa shape index (κ2) is 5.71. The summed E-state index contributed by atoms with van der Waals surface area (Å²) in [6.07, 6.45) is 5.43. The second-order valence-electron chi connectivity index (χ2n) is 6.13. The highest BCUT2D eigenvalue weighted by atomic mass is 15.3. The summed E-state index contributed by atoms with van der Waals surface area (Å²) >= 11 is 0. The van der Waals surface area contributed by atoms with E-state index < -0.39 is 0 Å². The number of hydrogen-bond acceptors (Lipinski definition) is 2. The molecule has 0 amide bonds. The molecule has 1 aliphatic heterocycles. The quantitative estimate of drug-likeness (QED) is 0.792. The van der Waals surface area contributed by atoms with Crippen molar-refractivity contribution in [3.63, 3.8) is 0 Å². The van der Waals surface area contributed by atoms with Gasteiger partial charge in [-0.1, -0.05) is 40.5 Å². The van der Waals surface area contributed by atoms with Gasteiger partial charge in [-0.3, -0.25) is 4.90 Å². The van der Waals surface area contributed by atoms with Gasteiger partial charge in [0.1, 0.15) is 0 Å². The van der Waals surface area contributed by atoms with Crippen molar-refractivity contribution < 1.29 is 0 Å². The van der Waals surface area contributed by atoms with Crippen molar-refractivity contribution in [1.82, 2.24) is 10.2 Å². The lowest BCUT2D eigenvalue weighted by Gasteiger charge is -2.42. The van der Waals surface area contributed by atoms with Crippen LogP contribution in [-0.4, -0.2) is 36.1 Å². The first-order valence-corrected chi connectivity index (χ1v) is 7.70. The Bertz CT molecular complexity index is 241. The van der Waals surface area contributed by atoms with E-state index in [1.165, 1.54) is 38.8 Å². The predicted molar refractivity (Wildman–Crippen MR) is 74.2 cm³/mol. The van der Waals surface area contributed by atoms with Crippen LogP contribution in [-0.2, 0) is 0 Å². The molecule has 0 aromatic heterocycles. The first-order valence-electron chi connectivity index (χ1n) is 7.70. The van der Waals surface area contributed by atoms with E-state index >= 15 is 0 Å². The Morgan fingerprint density at radius 1 is 1.24 bits per heavy atom. The van der Waals surface area contributed by atoms with Gasteiger partial charge in [-0.2, -0.15) is 0 Å². The van der Waals surface area contributed by atoms with Crippen LogP contribution in [0.2, 0.25) is 0 Å². The fourth-order valence-electron chi connectivity index (χ4n) is 3.37. The van der Waals surface area contributed by atoms with E-state index in [1.54, 1.807) is 0 Å². The molecule has 2 heteroatoms. The molecule has 1 N–H and O–H groups in total. The van der Waals surface area contributed by atoms with E-state index in [9.17, 15) is 0 Å². The lowest BCUT2D eigenvalue weighted by Crippen LogP contribution is -2.59. The molecule has 2 fully saturated rings. The Morgan fingerprint density at radius 3 is 2.53 bits per heavy atom. The molecule has 0 aromatic carbocycles. The van der Waals surface area contributed by atoms with Gasteiger partial charge < -0.3 is 5.32 Å². The van der Waals surface area contributed by atoms with Crippen molar-refractivity contribution in [2.75, 3.05) is 13.1 Å². The summed E-state index contributed by atoms with van der Waals surface area (Å²) in [7, 11) is 0. The molecule has 5 atom stereocenters. The van der Waals surface area contributed by atoms with Crippen molar-refractivity contribution in [2.24, 2.45) is 11.8 Å². The SMILES string of the molecule is CCC(C)C1CN(C2CC2CC)C(CC)CN1. The topological polar surface area (TPSA) is 15.3 Å². The third kappa shape index (κ3) is 2.85. The van der Waals surface area contributed by atoms with Crippen LogP contribution in [0.1, 0.15) is 53.4 Å². The monoisotopic (exact) mass is 238 g/mol. The molecule has 17 heavy (non-hydrogen) atoms. The minimum atomic E-state index is 0.723. The number of nitrogens with one attached hydrogen (secondary N) is 1. The summed E-state index contributed by atoms with van der Waals surface area (Å²) in [6.45, 7) is 11.9. The zero-order valence-corrected chi connectivity index (χ0v) is 12.1. The van der Waals surface area contributed by atoms with E-state index in [2.05, 4.69) is 37.9 Å². The normalized spacial score (nSPS) is 40.2. The molecule has 1 aliphatic carbocycles. The van der Waals surface area contributed by atoms with E-state index in [0.717, 1.165) is 30.0 Å². The molecule has 2 rings (SSSR count). The summed E-state index contributed by atoms with van der Waals surface area (Å²) in [6, 6.07) is 2.43. The molecule has 5 unspecified atom stereocenters. The van der Waals surface area contributed by atoms with Gasteiger partial charge in [0.2, 0.25) is 0 Å². The van der Waals surface area contributed by atoms with E-state index in [4.69, 9.17) is 0 Å². The summed E-state index contributed by atoms with van der Waals surface area (Å²) in [5, 5.41) is 3.77. The van der Waals surface area contributed by atoms with Crippen molar-refractivity contribution >= 4 is 0 Å². The number of piperazine rings is 1. The molecule has 1 saturated heterocycles. The maximum Gasteiger partial charge on any atom is 0.0221 e. The van der Waals surface area contributed by atoms with E-state index in [-0.39, 0.29) is 0 Å². The molecule has 0 aromatic rings. The van der Waals surface area contributed by atoms with Crippen LogP contribution >= 0.6 is 0 Å². The van der Waals surface area contributed by atoms with Crippen molar-refractivity contribution in [3.8, 4) is 0 Å². The van der Waals surface area contributed by atoms with Crippen LogP contribution in [0.4, 0.5) is 0 Å². The average molecular weight is 238 g/mol. The third-order valence-corrected chi connectivity index (χ3v) is 5.13. The molecule has 0 bridgehead atoms. The van der Waals surface area contributed by atoms with Crippen LogP contribution in [0.15, 0.2) is 0 Å².